The molecule has 82 valence electrons. The standard InChI is InChI=1S/C13H12O3/c1-9(15)10-2-4-11(5-3-10)13-7-6-12(8-14)16-13/h2-7,14H,8H2,1H3. The van der Waals surface area contributed by atoms with Gasteiger partial charge in [-0.1, -0.05) is 24.3 Å². The number of aliphatic hydroxyl groups excluding tert-OH is 1. The number of hydrogen-bond acceptors (Lipinski definition) is 3. The van der Waals surface area contributed by atoms with Crippen LogP contribution in [0.5, 0.6) is 0 Å². The smallest absolute Gasteiger partial charge is 0.159 e. The van der Waals surface area contributed by atoms with Crippen LogP contribution in [0.15, 0.2) is 40.8 Å². The lowest BCUT2D eigenvalue weighted by Gasteiger charge is -1.98. The Hall–Kier alpha value is -1.87. The van der Waals surface area contributed by atoms with E-state index < -0.39 is 0 Å². The Labute approximate surface area is 93.3 Å². The van der Waals surface area contributed by atoms with E-state index in [1.54, 1.807) is 24.3 Å². The monoisotopic (exact) mass is 216 g/mol. The molecule has 3 heteroatoms. The zero-order chi connectivity index (χ0) is 11.5. The van der Waals surface area contributed by atoms with Gasteiger partial charge in [-0.05, 0) is 19.1 Å². The van der Waals surface area contributed by atoms with Crippen molar-refractivity contribution in [2.45, 2.75) is 13.5 Å². The first-order chi connectivity index (χ1) is 7.70. The molecule has 0 aliphatic heterocycles. The maximum atomic E-state index is 11.1. The minimum atomic E-state index is -0.106. The van der Waals surface area contributed by atoms with Crippen LogP contribution >= 0.6 is 0 Å². The summed E-state index contributed by atoms with van der Waals surface area (Å²) in [7, 11) is 0. The third-order valence-electron chi connectivity index (χ3n) is 2.39. The highest BCUT2D eigenvalue weighted by atomic mass is 16.4. The van der Waals surface area contributed by atoms with Crippen LogP contribution in [0.25, 0.3) is 11.3 Å². The number of benzene rings is 1. The molecule has 0 atom stereocenters. The van der Waals surface area contributed by atoms with Crippen molar-refractivity contribution in [1.29, 1.82) is 0 Å². The molecule has 0 saturated heterocycles. The molecule has 0 amide bonds. The van der Waals surface area contributed by atoms with E-state index in [0.717, 1.165) is 5.56 Å². The topological polar surface area (TPSA) is 50.4 Å². The fraction of sp³-hybridized carbons (Fsp3) is 0.154. The molecule has 0 unspecified atom stereocenters. The van der Waals surface area contributed by atoms with Crippen LogP contribution in [0.3, 0.4) is 0 Å². The highest BCUT2D eigenvalue weighted by Crippen LogP contribution is 2.22. The number of hydrogen-bond donors (Lipinski definition) is 1. The number of carbonyl (C=O) groups is 1. The third-order valence-corrected chi connectivity index (χ3v) is 2.39. The van der Waals surface area contributed by atoms with Crippen molar-refractivity contribution >= 4 is 5.78 Å². The molecule has 1 N–H and O–H groups in total. The molecule has 0 aliphatic carbocycles. The van der Waals surface area contributed by atoms with Crippen molar-refractivity contribution in [3.63, 3.8) is 0 Å². The van der Waals surface area contributed by atoms with Gasteiger partial charge in [-0.15, -0.1) is 0 Å². The highest BCUT2D eigenvalue weighted by Gasteiger charge is 2.05. The molecular formula is C13H12O3. The van der Waals surface area contributed by atoms with Gasteiger partial charge in [-0.25, -0.2) is 0 Å². The number of Topliss-reactive ketones (excluding diaryl/α,β-unsaturated/α-hetero) is 1. The second-order valence-corrected chi connectivity index (χ2v) is 3.56. The summed E-state index contributed by atoms with van der Waals surface area (Å²) in [6.07, 6.45) is 0. The Balaban J connectivity index is 2.30. The number of aliphatic hydroxyl groups is 1. The van der Waals surface area contributed by atoms with Crippen molar-refractivity contribution < 1.29 is 14.3 Å². The average Bonchev–Trinajstić information content (AvgIpc) is 2.77. The number of rotatable bonds is 3. The first-order valence-corrected chi connectivity index (χ1v) is 5.01. The Kier molecular flexibility index (Phi) is 2.88. The molecule has 0 radical (unpaired) electrons. The van der Waals surface area contributed by atoms with E-state index in [0.29, 0.717) is 17.1 Å². The number of carbonyl (C=O) groups excluding carboxylic acids is 1. The van der Waals surface area contributed by atoms with Crippen molar-refractivity contribution in [3.05, 3.63) is 47.7 Å². The van der Waals surface area contributed by atoms with Crippen LogP contribution in [0.2, 0.25) is 0 Å². The van der Waals surface area contributed by atoms with Gasteiger partial charge in [-0.3, -0.25) is 4.79 Å². The molecule has 2 rings (SSSR count). The fourth-order valence-corrected chi connectivity index (χ4v) is 1.49. The summed E-state index contributed by atoms with van der Waals surface area (Å²) in [5.41, 5.74) is 1.57. The van der Waals surface area contributed by atoms with E-state index in [-0.39, 0.29) is 12.4 Å². The largest absolute Gasteiger partial charge is 0.459 e. The molecule has 0 saturated carbocycles. The zero-order valence-electron chi connectivity index (χ0n) is 8.93. The first-order valence-electron chi connectivity index (χ1n) is 5.01. The summed E-state index contributed by atoms with van der Waals surface area (Å²) in [6, 6.07) is 10.7. The van der Waals surface area contributed by atoms with Gasteiger partial charge in [0.1, 0.15) is 18.1 Å². The third kappa shape index (κ3) is 2.04. The van der Waals surface area contributed by atoms with Crippen molar-refractivity contribution in [2.75, 3.05) is 0 Å². The SMILES string of the molecule is CC(=O)c1ccc(-c2ccc(CO)o2)cc1. The first kappa shape index (κ1) is 10.6. The maximum Gasteiger partial charge on any atom is 0.159 e. The minimum Gasteiger partial charge on any atom is -0.459 e. The lowest BCUT2D eigenvalue weighted by molar-refractivity contribution is 0.101. The van der Waals surface area contributed by atoms with Crippen LogP contribution in [0.4, 0.5) is 0 Å². The Bertz CT molecular complexity index is 494. The van der Waals surface area contributed by atoms with Crippen LogP contribution in [0.1, 0.15) is 23.0 Å². The molecule has 0 fully saturated rings. The van der Waals surface area contributed by atoms with E-state index in [1.807, 2.05) is 12.1 Å². The molecular weight excluding hydrogens is 204 g/mol. The zero-order valence-corrected chi connectivity index (χ0v) is 8.93. The van der Waals surface area contributed by atoms with Gasteiger partial charge < -0.3 is 9.52 Å². The maximum absolute atomic E-state index is 11.1. The van der Waals surface area contributed by atoms with Crippen LogP contribution in [-0.2, 0) is 6.61 Å². The van der Waals surface area contributed by atoms with Gasteiger partial charge >= 0.3 is 0 Å². The second-order valence-electron chi connectivity index (χ2n) is 3.56. The minimum absolute atomic E-state index is 0.0436. The summed E-state index contributed by atoms with van der Waals surface area (Å²) in [5, 5.41) is 8.88. The Morgan fingerprint density at radius 1 is 1.19 bits per heavy atom. The normalized spacial score (nSPS) is 10.4. The Morgan fingerprint density at radius 3 is 2.38 bits per heavy atom. The van der Waals surface area contributed by atoms with Crippen molar-refractivity contribution in [2.24, 2.45) is 0 Å². The van der Waals surface area contributed by atoms with Crippen LogP contribution in [0, 0.1) is 0 Å². The molecule has 0 bridgehead atoms. The lowest BCUT2D eigenvalue weighted by atomic mass is 10.1. The van der Waals surface area contributed by atoms with Crippen molar-refractivity contribution in [3.8, 4) is 11.3 Å². The Morgan fingerprint density at radius 2 is 1.88 bits per heavy atom. The van der Waals surface area contributed by atoms with E-state index in [9.17, 15) is 4.79 Å². The summed E-state index contributed by atoms with van der Waals surface area (Å²) >= 11 is 0. The molecule has 1 heterocycles. The average molecular weight is 216 g/mol. The molecule has 16 heavy (non-hydrogen) atoms. The van der Waals surface area contributed by atoms with Crippen molar-refractivity contribution in [1.82, 2.24) is 0 Å². The van der Waals surface area contributed by atoms with Crippen LogP contribution < -0.4 is 0 Å². The number of ketones is 1. The molecule has 3 nitrogen and oxygen atoms in total. The quantitative estimate of drug-likeness (QED) is 0.802. The van der Waals surface area contributed by atoms with Gasteiger partial charge in [0, 0.05) is 11.1 Å². The molecule has 1 aromatic heterocycles. The van der Waals surface area contributed by atoms with E-state index in [2.05, 4.69) is 0 Å². The highest BCUT2D eigenvalue weighted by molar-refractivity contribution is 5.94. The lowest BCUT2D eigenvalue weighted by Crippen LogP contribution is -1.90. The fourth-order valence-electron chi connectivity index (χ4n) is 1.49. The predicted octanol–water partition coefficient (Wildman–Crippen LogP) is 2.64. The van der Waals surface area contributed by atoms with E-state index in [1.165, 1.54) is 6.92 Å². The molecule has 1 aromatic carbocycles. The number of furan rings is 1. The van der Waals surface area contributed by atoms with Crippen LogP contribution in [-0.4, -0.2) is 10.9 Å². The van der Waals surface area contributed by atoms with Gasteiger partial charge in [0.05, 0.1) is 0 Å². The second kappa shape index (κ2) is 4.33. The summed E-state index contributed by atoms with van der Waals surface area (Å²) in [5.74, 6) is 1.27. The molecule has 0 aliphatic rings. The molecule has 2 aromatic rings. The van der Waals surface area contributed by atoms with E-state index in [4.69, 9.17) is 9.52 Å². The van der Waals surface area contributed by atoms with Gasteiger partial charge in [0.15, 0.2) is 5.78 Å². The molecule has 0 spiro atoms. The van der Waals surface area contributed by atoms with Gasteiger partial charge in [-0.2, -0.15) is 0 Å². The summed E-state index contributed by atoms with van der Waals surface area (Å²) in [6.45, 7) is 1.43. The summed E-state index contributed by atoms with van der Waals surface area (Å²) < 4.78 is 5.38. The van der Waals surface area contributed by atoms with Gasteiger partial charge in [0.25, 0.3) is 0 Å². The van der Waals surface area contributed by atoms with Gasteiger partial charge in [0.2, 0.25) is 0 Å². The summed E-state index contributed by atoms with van der Waals surface area (Å²) in [4.78, 5) is 11.1. The van der Waals surface area contributed by atoms with E-state index >= 15 is 0 Å². The predicted molar refractivity (Wildman–Crippen MR) is 60.1 cm³/mol.